The molecule has 1 aromatic carbocycles. The second kappa shape index (κ2) is 6.71. The quantitative estimate of drug-likeness (QED) is 0.888. The second-order valence-corrected chi connectivity index (χ2v) is 6.59. The third-order valence-corrected chi connectivity index (χ3v) is 5.10. The lowest BCUT2D eigenvalue weighted by molar-refractivity contribution is 0.320. The fourth-order valence-electron chi connectivity index (χ4n) is 2.69. The Balaban J connectivity index is 2.09. The lowest BCUT2D eigenvalue weighted by Crippen LogP contribution is -2.42. The molecule has 0 aliphatic heterocycles. The summed E-state index contributed by atoms with van der Waals surface area (Å²) in [6.45, 7) is 5.27. The van der Waals surface area contributed by atoms with E-state index in [-0.39, 0.29) is 0 Å². The first-order chi connectivity index (χ1) is 9.10. The highest BCUT2D eigenvalue weighted by molar-refractivity contribution is 8.00. The molecular formula is C15H21F2NS. The van der Waals surface area contributed by atoms with Gasteiger partial charge in [0, 0.05) is 22.3 Å². The Morgan fingerprint density at radius 3 is 2.79 bits per heavy atom. The van der Waals surface area contributed by atoms with Crippen LogP contribution in [-0.4, -0.2) is 17.8 Å². The van der Waals surface area contributed by atoms with Crippen molar-refractivity contribution in [1.29, 1.82) is 0 Å². The molecule has 0 aromatic heterocycles. The van der Waals surface area contributed by atoms with Gasteiger partial charge in [0.1, 0.15) is 11.6 Å². The molecule has 4 heteroatoms. The van der Waals surface area contributed by atoms with Gasteiger partial charge in [-0.15, -0.1) is 11.8 Å². The smallest absolute Gasteiger partial charge is 0.139 e. The third kappa shape index (κ3) is 3.93. The molecule has 2 rings (SSSR count). The van der Waals surface area contributed by atoms with Crippen molar-refractivity contribution in [2.24, 2.45) is 5.92 Å². The van der Waals surface area contributed by atoms with Gasteiger partial charge in [0.25, 0.3) is 0 Å². The van der Waals surface area contributed by atoms with Crippen LogP contribution in [0.15, 0.2) is 23.1 Å². The van der Waals surface area contributed by atoms with Gasteiger partial charge in [0.2, 0.25) is 0 Å². The van der Waals surface area contributed by atoms with Gasteiger partial charge in [-0.3, -0.25) is 0 Å². The Hall–Kier alpha value is -0.610. The summed E-state index contributed by atoms with van der Waals surface area (Å²) in [6, 6.07) is 4.28. The van der Waals surface area contributed by atoms with Crippen molar-refractivity contribution in [2.45, 2.75) is 49.3 Å². The zero-order valence-electron chi connectivity index (χ0n) is 11.5. The van der Waals surface area contributed by atoms with E-state index >= 15 is 0 Å². The maximum absolute atomic E-state index is 13.7. The van der Waals surface area contributed by atoms with Crippen molar-refractivity contribution >= 4 is 11.8 Å². The van der Waals surface area contributed by atoms with Gasteiger partial charge in [-0.2, -0.15) is 0 Å². The molecule has 1 saturated carbocycles. The molecule has 1 aliphatic carbocycles. The van der Waals surface area contributed by atoms with Crippen molar-refractivity contribution in [1.82, 2.24) is 5.32 Å². The summed E-state index contributed by atoms with van der Waals surface area (Å²) in [6.07, 6.45) is 3.44. The molecule has 0 bridgehead atoms. The summed E-state index contributed by atoms with van der Waals surface area (Å²) >= 11 is 1.55. The molecule has 1 nitrogen and oxygen atoms in total. The van der Waals surface area contributed by atoms with E-state index in [0.29, 0.717) is 22.1 Å². The van der Waals surface area contributed by atoms with E-state index in [9.17, 15) is 8.78 Å². The predicted molar refractivity (Wildman–Crippen MR) is 76.5 cm³/mol. The fourth-order valence-corrected chi connectivity index (χ4v) is 4.15. The summed E-state index contributed by atoms with van der Waals surface area (Å²) in [7, 11) is 0. The first-order valence-electron chi connectivity index (χ1n) is 6.95. The minimum absolute atomic E-state index is 0.365. The van der Waals surface area contributed by atoms with Crippen molar-refractivity contribution in [3.8, 4) is 0 Å². The van der Waals surface area contributed by atoms with Crippen LogP contribution in [0.4, 0.5) is 8.78 Å². The molecule has 1 aliphatic rings. The van der Waals surface area contributed by atoms with Crippen molar-refractivity contribution < 1.29 is 8.78 Å². The highest BCUT2D eigenvalue weighted by Crippen LogP contribution is 2.37. The van der Waals surface area contributed by atoms with Crippen LogP contribution in [0, 0.1) is 17.6 Å². The van der Waals surface area contributed by atoms with Gasteiger partial charge in [-0.1, -0.05) is 13.8 Å². The second-order valence-electron chi connectivity index (χ2n) is 5.31. The number of rotatable bonds is 4. The molecule has 1 fully saturated rings. The van der Waals surface area contributed by atoms with Crippen LogP contribution in [0.25, 0.3) is 0 Å². The van der Waals surface area contributed by atoms with E-state index in [2.05, 4.69) is 19.2 Å². The Kier molecular flexibility index (Phi) is 5.22. The summed E-state index contributed by atoms with van der Waals surface area (Å²) in [4.78, 5) is 0.559. The van der Waals surface area contributed by atoms with Crippen molar-refractivity contribution in [3.63, 3.8) is 0 Å². The standard InChI is InChI=1S/C15H21F2NS/c1-3-18-13-6-4-10(2)8-15(13)19-14-7-5-11(16)9-12(14)17/h5,7,9-10,13,15,18H,3-4,6,8H2,1-2H3. The van der Waals surface area contributed by atoms with E-state index in [1.54, 1.807) is 17.8 Å². The van der Waals surface area contributed by atoms with E-state index in [1.807, 2.05) is 0 Å². The molecule has 0 saturated heterocycles. The molecule has 0 spiro atoms. The molecule has 3 unspecified atom stereocenters. The first kappa shape index (κ1) is 14.8. The van der Waals surface area contributed by atoms with Gasteiger partial charge in [-0.25, -0.2) is 8.78 Å². The monoisotopic (exact) mass is 285 g/mol. The molecule has 3 atom stereocenters. The van der Waals surface area contributed by atoms with Gasteiger partial charge >= 0.3 is 0 Å². The molecule has 106 valence electrons. The predicted octanol–water partition coefficient (Wildman–Crippen LogP) is 4.22. The number of hydrogen-bond acceptors (Lipinski definition) is 2. The van der Waals surface area contributed by atoms with Gasteiger partial charge in [0.15, 0.2) is 0 Å². The normalized spacial score (nSPS) is 27.5. The molecule has 0 heterocycles. The molecule has 19 heavy (non-hydrogen) atoms. The van der Waals surface area contributed by atoms with E-state index < -0.39 is 11.6 Å². The molecule has 1 aromatic rings. The molecule has 0 radical (unpaired) electrons. The number of thioether (sulfide) groups is 1. The summed E-state index contributed by atoms with van der Waals surface area (Å²) in [5.74, 6) is -0.281. The van der Waals surface area contributed by atoms with Crippen molar-refractivity contribution in [2.75, 3.05) is 6.54 Å². The Morgan fingerprint density at radius 2 is 2.11 bits per heavy atom. The van der Waals surface area contributed by atoms with Crippen LogP contribution in [0.2, 0.25) is 0 Å². The number of nitrogens with one attached hydrogen (secondary N) is 1. The topological polar surface area (TPSA) is 12.0 Å². The van der Waals surface area contributed by atoms with Crippen LogP contribution in [0.1, 0.15) is 33.1 Å². The fraction of sp³-hybridized carbons (Fsp3) is 0.600. The van der Waals surface area contributed by atoms with E-state index in [0.717, 1.165) is 25.5 Å². The molecule has 0 amide bonds. The average Bonchev–Trinajstić information content (AvgIpc) is 2.36. The molecular weight excluding hydrogens is 264 g/mol. The van der Waals surface area contributed by atoms with Crippen LogP contribution in [0.5, 0.6) is 0 Å². The van der Waals surface area contributed by atoms with Crippen molar-refractivity contribution in [3.05, 3.63) is 29.8 Å². The number of benzene rings is 1. The summed E-state index contributed by atoms with van der Waals surface area (Å²) in [5, 5.41) is 3.85. The van der Waals surface area contributed by atoms with Crippen LogP contribution in [0.3, 0.4) is 0 Å². The minimum Gasteiger partial charge on any atom is -0.313 e. The van der Waals surface area contributed by atoms with Crippen LogP contribution in [-0.2, 0) is 0 Å². The Labute approximate surface area is 118 Å². The minimum atomic E-state index is -0.512. The van der Waals surface area contributed by atoms with Gasteiger partial charge < -0.3 is 5.32 Å². The number of halogens is 2. The Morgan fingerprint density at radius 1 is 1.32 bits per heavy atom. The van der Waals surface area contributed by atoms with Crippen LogP contribution >= 0.6 is 11.8 Å². The van der Waals surface area contributed by atoms with Crippen LogP contribution < -0.4 is 5.32 Å². The van der Waals surface area contributed by atoms with Gasteiger partial charge in [-0.05, 0) is 43.9 Å². The zero-order valence-corrected chi connectivity index (χ0v) is 12.3. The van der Waals surface area contributed by atoms with E-state index in [4.69, 9.17) is 0 Å². The van der Waals surface area contributed by atoms with E-state index in [1.165, 1.54) is 12.5 Å². The summed E-state index contributed by atoms with van der Waals surface area (Å²) < 4.78 is 26.7. The first-order valence-corrected chi connectivity index (χ1v) is 7.83. The lowest BCUT2D eigenvalue weighted by atomic mass is 9.87. The zero-order chi connectivity index (χ0) is 13.8. The lowest BCUT2D eigenvalue weighted by Gasteiger charge is -2.35. The third-order valence-electron chi connectivity index (χ3n) is 3.69. The number of hydrogen-bond donors (Lipinski definition) is 1. The average molecular weight is 285 g/mol. The summed E-state index contributed by atoms with van der Waals surface area (Å²) in [5.41, 5.74) is 0. The highest BCUT2D eigenvalue weighted by atomic mass is 32.2. The Bertz CT molecular complexity index is 425. The maximum Gasteiger partial charge on any atom is 0.139 e. The van der Waals surface area contributed by atoms with Gasteiger partial charge in [0.05, 0.1) is 0 Å². The molecule has 1 N–H and O–H groups in total. The SMILES string of the molecule is CCNC1CCC(C)CC1Sc1ccc(F)cc1F. The maximum atomic E-state index is 13.7. The highest BCUT2D eigenvalue weighted by Gasteiger charge is 2.29. The largest absolute Gasteiger partial charge is 0.313 e.